The molecule has 5 aliphatic rings. The summed E-state index contributed by atoms with van der Waals surface area (Å²) in [6.07, 6.45) is 11.1. The number of nitrogens with zero attached hydrogens (tertiary/aromatic N) is 8. The number of carbonyl (C=O) groups is 2. The summed E-state index contributed by atoms with van der Waals surface area (Å²) in [7, 11) is 3.32. The zero-order valence-electron chi connectivity index (χ0n) is 33.4. The summed E-state index contributed by atoms with van der Waals surface area (Å²) in [5.41, 5.74) is 8.53. The van der Waals surface area contributed by atoms with Gasteiger partial charge < -0.3 is 30.1 Å². The van der Waals surface area contributed by atoms with E-state index in [1.165, 1.54) is 16.0 Å². The fourth-order valence-corrected chi connectivity index (χ4v) is 11.4. The maximum atomic E-state index is 12.9. The number of fused-ring (bicyclic) bond motifs is 8. The largest absolute Gasteiger partial charge is 0.495 e. The highest BCUT2D eigenvalue weighted by molar-refractivity contribution is 7.19. The van der Waals surface area contributed by atoms with E-state index in [9.17, 15) is 14.7 Å². The van der Waals surface area contributed by atoms with Crippen molar-refractivity contribution >= 4 is 90.4 Å². The summed E-state index contributed by atoms with van der Waals surface area (Å²) in [6.45, 7) is 2.48. The average molecular weight is 853 g/mol. The van der Waals surface area contributed by atoms with E-state index in [-0.39, 0.29) is 23.7 Å². The van der Waals surface area contributed by atoms with Crippen LogP contribution in [0.2, 0.25) is 0 Å². The van der Waals surface area contributed by atoms with Gasteiger partial charge in [-0.1, -0.05) is 0 Å². The van der Waals surface area contributed by atoms with Gasteiger partial charge in [0.2, 0.25) is 5.91 Å². The van der Waals surface area contributed by atoms with Gasteiger partial charge in [0.25, 0.3) is 0 Å². The van der Waals surface area contributed by atoms with Crippen LogP contribution in [0.25, 0.3) is 20.4 Å². The standard InChI is InChI=1S/C24H22N6O2S.C20H18N4O3S/c1-32-19-5-16-9-26-8-15(16)4-18(19)29-22-21-17-3-2-14(24(31)30-10-13(7-25)11-30)6-20(17)33-23(21)28-12-27-22;1-27-15-5-12-8-21-7-11(12)4-14(15)24-18-17-13-3-2-10(20(25)26)6-16(13)28-19(17)23-9-22-18/h4-5,8,12-14H,2-3,6,9-11H2,1H3,(H,27,28,29);4-5,7,9-10H,2-3,6,8H2,1H3,(H,25,26)(H,22,23,24). The van der Waals surface area contributed by atoms with E-state index < -0.39 is 5.97 Å². The van der Waals surface area contributed by atoms with Crippen LogP contribution in [0.3, 0.4) is 0 Å². The molecule has 15 nitrogen and oxygen atoms in total. The van der Waals surface area contributed by atoms with Crippen LogP contribution in [0.5, 0.6) is 11.5 Å². The van der Waals surface area contributed by atoms with Crippen LogP contribution in [0, 0.1) is 29.1 Å². The third kappa shape index (κ3) is 7.08. The summed E-state index contributed by atoms with van der Waals surface area (Å²) >= 11 is 3.22. The fraction of sp³-hybridized carbons (Fsp3) is 0.341. The quantitative estimate of drug-likeness (QED) is 0.141. The number of carboxylic acid groups (broad SMARTS) is 1. The number of aryl methyl sites for hydroxylation is 2. The Morgan fingerprint density at radius 3 is 1.77 bits per heavy atom. The van der Waals surface area contributed by atoms with Gasteiger partial charge in [0.05, 0.1) is 67.4 Å². The summed E-state index contributed by atoms with van der Waals surface area (Å²) in [6, 6.07) is 10.3. The highest BCUT2D eigenvalue weighted by Gasteiger charge is 2.37. The summed E-state index contributed by atoms with van der Waals surface area (Å²) in [4.78, 5) is 56.9. The zero-order chi connectivity index (χ0) is 41.8. The van der Waals surface area contributed by atoms with Crippen LogP contribution in [0.4, 0.5) is 23.0 Å². The number of carbonyl (C=O) groups excluding carboxylic acids is 1. The molecule has 11 rings (SSSR count). The van der Waals surface area contributed by atoms with Crippen LogP contribution in [0.1, 0.15) is 56.0 Å². The second-order valence-electron chi connectivity index (χ2n) is 15.8. The number of thiophene rings is 2. The Kier molecular flexibility index (Phi) is 10.0. The van der Waals surface area contributed by atoms with Crippen LogP contribution >= 0.6 is 22.7 Å². The number of hydrogen-bond donors (Lipinski definition) is 3. The van der Waals surface area contributed by atoms with Gasteiger partial charge in [-0.3, -0.25) is 19.6 Å². The molecule has 0 spiro atoms. The smallest absolute Gasteiger partial charge is 0.306 e. The maximum Gasteiger partial charge on any atom is 0.306 e. The van der Waals surface area contributed by atoms with Crippen LogP contribution in [-0.4, -0.2) is 81.6 Å². The van der Waals surface area contributed by atoms with Crippen LogP contribution < -0.4 is 20.1 Å². The molecular formula is C44H40N10O5S2. The van der Waals surface area contributed by atoms with E-state index in [4.69, 9.17) is 14.7 Å². The Hall–Kier alpha value is -6.51. The molecule has 2 aromatic carbocycles. The molecule has 2 unspecified atom stereocenters. The number of aromatic nitrogens is 4. The van der Waals surface area contributed by atoms with Crippen molar-refractivity contribution in [2.75, 3.05) is 37.9 Å². The van der Waals surface area contributed by atoms with Gasteiger partial charge >= 0.3 is 5.97 Å². The van der Waals surface area contributed by atoms with Gasteiger partial charge in [0.15, 0.2) is 0 Å². The van der Waals surface area contributed by atoms with E-state index >= 15 is 0 Å². The van der Waals surface area contributed by atoms with Gasteiger partial charge in [-0.2, -0.15) is 5.26 Å². The number of rotatable bonds is 8. The molecule has 2 aliphatic carbocycles. The number of methoxy groups -OCH3 is 2. The summed E-state index contributed by atoms with van der Waals surface area (Å²) in [5.74, 6) is 2.09. The SMILES string of the molecule is COc1cc2c(cc1Nc1ncnc3sc4c(c13)CCC(C(=O)N1CC(C#N)C1)C4)C=NC2.COc1cc2c(cc1Nc1ncnc3sc4c(c13)CCC(C(=O)O)C4)C=NC2. The molecule has 17 heteroatoms. The topological polar surface area (TPSA) is 200 Å². The molecule has 2 atom stereocenters. The minimum absolute atomic E-state index is 0.0104. The Labute approximate surface area is 358 Å². The first-order valence-electron chi connectivity index (χ1n) is 20.2. The van der Waals surface area contributed by atoms with E-state index in [0.29, 0.717) is 39.0 Å². The summed E-state index contributed by atoms with van der Waals surface area (Å²) in [5, 5.41) is 27.3. The number of amides is 1. The Morgan fingerprint density at radius 2 is 1.28 bits per heavy atom. The van der Waals surface area contributed by atoms with Crippen molar-refractivity contribution in [1.29, 1.82) is 5.26 Å². The third-order valence-electron chi connectivity index (χ3n) is 12.2. The van der Waals surface area contributed by atoms with Crippen molar-refractivity contribution < 1.29 is 24.2 Å². The first kappa shape index (κ1) is 38.7. The van der Waals surface area contributed by atoms with E-state index in [2.05, 4.69) is 46.6 Å². The van der Waals surface area contributed by atoms with Gasteiger partial charge in [-0.15, -0.1) is 22.7 Å². The number of benzene rings is 2. The predicted octanol–water partition coefficient (Wildman–Crippen LogP) is 7.03. The molecule has 1 amide bonds. The molecule has 0 saturated carbocycles. The maximum absolute atomic E-state index is 12.9. The lowest BCUT2D eigenvalue weighted by atomic mass is 9.85. The highest BCUT2D eigenvalue weighted by Crippen LogP contribution is 2.44. The fourth-order valence-electron chi connectivity index (χ4n) is 8.89. The Balaban J connectivity index is 0.000000148. The van der Waals surface area contributed by atoms with Crippen molar-refractivity contribution in [2.45, 2.75) is 51.6 Å². The molecule has 308 valence electrons. The molecular weight excluding hydrogens is 813 g/mol. The molecule has 0 bridgehead atoms. The molecule has 3 N–H and O–H groups in total. The number of carboxylic acids is 1. The third-order valence-corrected chi connectivity index (χ3v) is 14.5. The van der Waals surface area contributed by atoms with E-state index in [0.717, 1.165) is 108 Å². The predicted molar refractivity (Wildman–Crippen MR) is 234 cm³/mol. The van der Waals surface area contributed by atoms with Gasteiger partial charge in [0.1, 0.15) is 45.5 Å². The number of nitriles is 1. The van der Waals surface area contributed by atoms with Crippen LogP contribution in [0.15, 0.2) is 46.9 Å². The molecule has 1 saturated heterocycles. The lowest BCUT2D eigenvalue weighted by molar-refractivity contribution is -0.142. The van der Waals surface area contributed by atoms with Gasteiger partial charge in [-0.05, 0) is 96.2 Å². The number of ether oxygens (including phenoxy) is 2. The van der Waals surface area contributed by atoms with Crippen molar-refractivity contribution in [1.82, 2.24) is 24.8 Å². The van der Waals surface area contributed by atoms with E-state index in [1.807, 2.05) is 41.6 Å². The molecule has 1 fully saturated rings. The number of hydrogen-bond acceptors (Lipinski definition) is 15. The minimum atomic E-state index is -0.725. The Bertz CT molecular complexity index is 2880. The summed E-state index contributed by atoms with van der Waals surface area (Å²) < 4.78 is 11.2. The van der Waals surface area contributed by atoms with E-state index in [1.54, 1.807) is 49.5 Å². The monoisotopic (exact) mass is 852 g/mol. The molecule has 6 aromatic rings. The number of nitrogens with one attached hydrogen (secondary N) is 2. The zero-order valence-corrected chi connectivity index (χ0v) is 35.0. The number of aliphatic imine (C=N–C) groups is 2. The van der Waals surface area contributed by atoms with Crippen molar-refractivity contribution in [3.05, 3.63) is 80.1 Å². The number of aliphatic carboxylic acids is 1. The minimum Gasteiger partial charge on any atom is -0.495 e. The van der Waals surface area contributed by atoms with Gasteiger partial charge in [-0.25, -0.2) is 19.9 Å². The van der Waals surface area contributed by atoms with Gasteiger partial charge in [0, 0.05) is 41.2 Å². The normalized spacial score (nSPS) is 18.3. The Morgan fingerprint density at radius 1 is 0.770 bits per heavy atom. The first-order valence-corrected chi connectivity index (χ1v) is 21.8. The molecule has 7 heterocycles. The molecule has 3 aliphatic heterocycles. The average Bonchev–Trinajstić information content (AvgIpc) is 4.07. The van der Waals surface area contributed by atoms with Crippen LogP contribution in [-0.2, 0) is 48.4 Å². The number of likely N-dealkylation sites (tertiary alicyclic amines) is 1. The molecule has 61 heavy (non-hydrogen) atoms. The van der Waals surface area contributed by atoms with Crippen molar-refractivity contribution in [2.24, 2.45) is 27.7 Å². The first-order chi connectivity index (χ1) is 29.8. The second-order valence-corrected chi connectivity index (χ2v) is 18.0. The number of anilines is 4. The lowest BCUT2D eigenvalue weighted by Gasteiger charge is -2.38. The van der Waals surface area contributed by atoms with Crippen molar-refractivity contribution in [3.8, 4) is 17.6 Å². The lowest BCUT2D eigenvalue weighted by Crippen LogP contribution is -2.52. The highest BCUT2D eigenvalue weighted by atomic mass is 32.1. The second kappa shape index (κ2) is 15.8. The van der Waals surface area contributed by atoms with Crippen molar-refractivity contribution in [3.63, 3.8) is 0 Å². The molecule has 4 aromatic heterocycles. The molecule has 0 radical (unpaired) electrons.